The zero-order chi connectivity index (χ0) is 15.8. The maximum atomic E-state index is 11.2. The minimum atomic E-state index is -0.219. The number of aliphatic imine (C=N–C) groups is 1. The van der Waals surface area contributed by atoms with Gasteiger partial charge in [-0.1, -0.05) is 30.3 Å². The molecule has 23 heavy (non-hydrogen) atoms. The maximum Gasteiger partial charge on any atom is 0.307 e. The molecule has 0 aromatic heterocycles. The Bertz CT molecular complexity index is 508. The molecule has 1 aromatic rings. The first kappa shape index (κ1) is 19.7. The third-order valence-corrected chi connectivity index (χ3v) is 3.90. The van der Waals surface area contributed by atoms with E-state index in [0.717, 1.165) is 32.0 Å². The van der Waals surface area contributed by atoms with Crippen LogP contribution in [0.2, 0.25) is 0 Å². The highest BCUT2D eigenvalue weighted by atomic mass is 127. The third kappa shape index (κ3) is 6.01. The second-order valence-electron chi connectivity index (χ2n) is 5.40. The number of hydrogen-bond donors (Lipinski definition) is 1. The number of methoxy groups -OCH3 is 1. The maximum absolute atomic E-state index is 11.2. The van der Waals surface area contributed by atoms with Crippen LogP contribution >= 0.6 is 24.0 Å². The van der Waals surface area contributed by atoms with Crippen LogP contribution in [0, 0.1) is 0 Å². The van der Waals surface area contributed by atoms with Crippen LogP contribution in [0.4, 0.5) is 0 Å². The fraction of sp³-hybridized carbons (Fsp3) is 0.529. The highest BCUT2D eigenvalue weighted by Crippen LogP contribution is 2.26. The Morgan fingerprint density at radius 1 is 1.39 bits per heavy atom. The van der Waals surface area contributed by atoms with Gasteiger partial charge < -0.3 is 15.0 Å². The van der Waals surface area contributed by atoms with E-state index in [0.29, 0.717) is 18.9 Å². The zero-order valence-corrected chi connectivity index (χ0v) is 16.2. The number of rotatable bonds is 5. The number of likely N-dealkylation sites (tertiary alicyclic amines) is 1. The molecular formula is C17H26IN3O2. The summed E-state index contributed by atoms with van der Waals surface area (Å²) in [6, 6.07) is 10.6. The molecule has 1 unspecified atom stereocenters. The van der Waals surface area contributed by atoms with Gasteiger partial charge in [0.25, 0.3) is 0 Å². The summed E-state index contributed by atoms with van der Waals surface area (Å²) in [5, 5.41) is 3.31. The SMILES string of the molecule is CCNC(=NCCC(=O)OC)N1CCC(c2ccccc2)C1.I. The van der Waals surface area contributed by atoms with Crippen molar-refractivity contribution in [1.82, 2.24) is 10.2 Å². The minimum absolute atomic E-state index is 0. The predicted octanol–water partition coefficient (Wildman–Crippen LogP) is 2.62. The number of nitrogens with zero attached hydrogens (tertiary/aromatic N) is 2. The Morgan fingerprint density at radius 3 is 2.78 bits per heavy atom. The summed E-state index contributed by atoms with van der Waals surface area (Å²) >= 11 is 0. The molecule has 1 heterocycles. The Balaban J connectivity index is 0.00000264. The largest absolute Gasteiger partial charge is 0.469 e. The molecule has 1 saturated heterocycles. The van der Waals surface area contributed by atoms with Gasteiger partial charge in [-0.2, -0.15) is 0 Å². The van der Waals surface area contributed by atoms with E-state index in [1.165, 1.54) is 12.7 Å². The number of hydrogen-bond acceptors (Lipinski definition) is 3. The van der Waals surface area contributed by atoms with Crippen LogP contribution in [0.1, 0.15) is 31.2 Å². The van der Waals surface area contributed by atoms with E-state index in [2.05, 4.69) is 57.2 Å². The van der Waals surface area contributed by atoms with E-state index < -0.39 is 0 Å². The summed E-state index contributed by atoms with van der Waals surface area (Å²) in [6.07, 6.45) is 1.45. The van der Waals surface area contributed by atoms with Gasteiger partial charge in [-0.05, 0) is 18.9 Å². The molecule has 1 aromatic carbocycles. The van der Waals surface area contributed by atoms with Crippen molar-refractivity contribution in [3.05, 3.63) is 35.9 Å². The molecule has 1 fully saturated rings. The quantitative estimate of drug-likeness (QED) is 0.337. The summed E-state index contributed by atoms with van der Waals surface area (Å²) in [7, 11) is 1.40. The van der Waals surface area contributed by atoms with E-state index in [1.807, 2.05) is 0 Å². The first-order valence-corrected chi connectivity index (χ1v) is 7.89. The standard InChI is InChI=1S/C17H25N3O2.HI/c1-3-18-17(19-11-9-16(21)22-2)20-12-10-15(13-20)14-7-5-4-6-8-14;/h4-8,15H,3,9-13H2,1-2H3,(H,18,19);1H. The van der Waals surface area contributed by atoms with Gasteiger partial charge in [-0.15, -0.1) is 24.0 Å². The van der Waals surface area contributed by atoms with Crippen molar-refractivity contribution < 1.29 is 9.53 Å². The number of guanidine groups is 1. The van der Waals surface area contributed by atoms with Crippen molar-refractivity contribution in [2.45, 2.75) is 25.7 Å². The smallest absolute Gasteiger partial charge is 0.307 e. The summed E-state index contributed by atoms with van der Waals surface area (Å²) in [5.74, 6) is 1.22. The monoisotopic (exact) mass is 431 g/mol. The lowest BCUT2D eigenvalue weighted by Crippen LogP contribution is -2.40. The number of benzene rings is 1. The van der Waals surface area contributed by atoms with Crippen molar-refractivity contribution in [3.63, 3.8) is 0 Å². The van der Waals surface area contributed by atoms with Crippen molar-refractivity contribution in [2.75, 3.05) is 33.3 Å². The number of carbonyl (C=O) groups excluding carboxylic acids is 1. The number of halogens is 1. The van der Waals surface area contributed by atoms with Crippen LogP contribution in [0.5, 0.6) is 0 Å². The normalized spacial score (nSPS) is 17.6. The molecule has 0 radical (unpaired) electrons. The zero-order valence-electron chi connectivity index (χ0n) is 13.8. The molecule has 6 heteroatoms. The summed E-state index contributed by atoms with van der Waals surface area (Å²) in [4.78, 5) is 18.0. The molecule has 0 bridgehead atoms. The van der Waals surface area contributed by atoms with Gasteiger partial charge in [-0.25, -0.2) is 0 Å². The van der Waals surface area contributed by atoms with Gasteiger partial charge in [0.05, 0.1) is 20.1 Å². The molecule has 1 N–H and O–H groups in total. The van der Waals surface area contributed by atoms with E-state index in [1.54, 1.807) is 0 Å². The van der Waals surface area contributed by atoms with Crippen LogP contribution in [-0.4, -0.2) is 50.1 Å². The Morgan fingerprint density at radius 2 is 2.13 bits per heavy atom. The molecular weight excluding hydrogens is 405 g/mol. The van der Waals surface area contributed by atoms with Gasteiger partial charge in [-0.3, -0.25) is 9.79 Å². The molecule has 2 rings (SSSR count). The Kier molecular flexibility index (Phi) is 8.98. The fourth-order valence-electron chi connectivity index (χ4n) is 2.73. The molecule has 1 aliphatic rings. The number of esters is 1. The minimum Gasteiger partial charge on any atom is -0.469 e. The lowest BCUT2D eigenvalue weighted by atomic mass is 9.99. The number of carbonyl (C=O) groups is 1. The summed E-state index contributed by atoms with van der Waals surface area (Å²) in [6.45, 7) is 5.29. The van der Waals surface area contributed by atoms with Crippen molar-refractivity contribution in [3.8, 4) is 0 Å². The highest BCUT2D eigenvalue weighted by Gasteiger charge is 2.25. The molecule has 1 aliphatic heterocycles. The summed E-state index contributed by atoms with van der Waals surface area (Å²) < 4.78 is 4.65. The van der Waals surface area contributed by atoms with Crippen LogP contribution in [-0.2, 0) is 9.53 Å². The van der Waals surface area contributed by atoms with E-state index >= 15 is 0 Å². The molecule has 0 spiro atoms. The number of ether oxygens (including phenoxy) is 1. The van der Waals surface area contributed by atoms with Crippen molar-refractivity contribution >= 4 is 35.9 Å². The Labute approximate surface area is 155 Å². The average Bonchev–Trinajstić information content (AvgIpc) is 3.04. The van der Waals surface area contributed by atoms with Crippen molar-refractivity contribution in [2.24, 2.45) is 4.99 Å². The Hall–Kier alpha value is -1.31. The second-order valence-corrected chi connectivity index (χ2v) is 5.40. The molecule has 0 aliphatic carbocycles. The molecule has 1 atom stereocenters. The van der Waals surface area contributed by atoms with Gasteiger partial charge >= 0.3 is 5.97 Å². The molecule has 5 nitrogen and oxygen atoms in total. The lowest BCUT2D eigenvalue weighted by Gasteiger charge is -2.21. The fourth-order valence-corrected chi connectivity index (χ4v) is 2.73. The van der Waals surface area contributed by atoms with Gasteiger partial charge in [0, 0.05) is 25.6 Å². The predicted molar refractivity (Wildman–Crippen MR) is 103 cm³/mol. The average molecular weight is 431 g/mol. The van der Waals surface area contributed by atoms with Gasteiger partial charge in [0.1, 0.15) is 0 Å². The van der Waals surface area contributed by atoms with Crippen LogP contribution in [0.15, 0.2) is 35.3 Å². The lowest BCUT2D eigenvalue weighted by molar-refractivity contribution is -0.140. The first-order chi connectivity index (χ1) is 10.7. The van der Waals surface area contributed by atoms with E-state index in [9.17, 15) is 4.79 Å². The highest BCUT2D eigenvalue weighted by molar-refractivity contribution is 14.0. The third-order valence-electron chi connectivity index (χ3n) is 3.90. The van der Waals surface area contributed by atoms with E-state index in [4.69, 9.17) is 0 Å². The number of nitrogens with one attached hydrogen (secondary N) is 1. The van der Waals surface area contributed by atoms with E-state index in [-0.39, 0.29) is 29.9 Å². The molecule has 0 saturated carbocycles. The van der Waals surface area contributed by atoms with Crippen LogP contribution in [0.25, 0.3) is 0 Å². The topological polar surface area (TPSA) is 53.9 Å². The summed E-state index contributed by atoms with van der Waals surface area (Å²) in [5.41, 5.74) is 1.38. The van der Waals surface area contributed by atoms with Gasteiger partial charge in [0.2, 0.25) is 0 Å². The first-order valence-electron chi connectivity index (χ1n) is 7.89. The molecule has 128 valence electrons. The van der Waals surface area contributed by atoms with Gasteiger partial charge in [0.15, 0.2) is 5.96 Å². The van der Waals surface area contributed by atoms with Crippen LogP contribution in [0.3, 0.4) is 0 Å². The molecule has 0 amide bonds. The second kappa shape index (κ2) is 10.5. The van der Waals surface area contributed by atoms with Crippen molar-refractivity contribution in [1.29, 1.82) is 0 Å². The van der Waals surface area contributed by atoms with Crippen LogP contribution < -0.4 is 5.32 Å².